The predicted molar refractivity (Wildman–Crippen MR) is 156 cm³/mol. The molecule has 14 nitrogen and oxygen atoms in total. The number of carbonyl (C=O) groups is 3. The number of benzene rings is 1. The highest BCUT2D eigenvalue weighted by Gasteiger charge is 2.66. The lowest BCUT2D eigenvalue weighted by Gasteiger charge is -2.53. The topological polar surface area (TPSA) is 175 Å². The number of hydrogen-bond acceptors (Lipinski definition) is 11. The highest BCUT2D eigenvalue weighted by atomic mass is 32.2. The van der Waals surface area contributed by atoms with Gasteiger partial charge >= 0.3 is 18.3 Å². The third kappa shape index (κ3) is 7.11. The third-order valence-corrected chi connectivity index (χ3v) is 9.05. The summed E-state index contributed by atoms with van der Waals surface area (Å²) in [5.41, 5.74) is -6.32. The van der Waals surface area contributed by atoms with Gasteiger partial charge in [0.15, 0.2) is 14.6 Å². The Balaban J connectivity index is 2.33. The van der Waals surface area contributed by atoms with Crippen LogP contribution in [0.15, 0.2) is 23.2 Å². The van der Waals surface area contributed by atoms with E-state index in [4.69, 9.17) is 14.2 Å². The van der Waals surface area contributed by atoms with E-state index < -0.39 is 102 Å². The van der Waals surface area contributed by atoms with Gasteiger partial charge < -0.3 is 19.1 Å². The minimum absolute atomic E-state index is 0.340. The van der Waals surface area contributed by atoms with Gasteiger partial charge in [-0.05, 0) is 75.3 Å². The van der Waals surface area contributed by atoms with Crippen molar-refractivity contribution in [2.24, 2.45) is 4.99 Å². The first-order valence-electron chi connectivity index (χ1n) is 13.7. The van der Waals surface area contributed by atoms with Crippen LogP contribution in [-0.2, 0) is 29.6 Å². The van der Waals surface area contributed by atoms with Crippen LogP contribution in [0.1, 0.15) is 74.8 Å². The molecule has 1 saturated heterocycles. The van der Waals surface area contributed by atoms with E-state index >= 15 is 4.39 Å². The summed E-state index contributed by atoms with van der Waals surface area (Å²) in [7, 11) is -4.52. The molecule has 0 aromatic heterocycles. The molecule has 1 fully saturated rings. The number of amidine groups is 1. The first kappa shape index (κ1) is 34.7. The Kier molecular flexibility index (Phi) is 8.64. The molecule has 1 spiro atoms. The Hall–Kier alpha value is -3.82. The van der Waals surface area contributed by atoms with Crippen LogP contribution in [0, 0.1) is 15.9 Å². The number of amides is 3. The molecule has 1 atom stereocenters. The maximum atomic E-state index is 15.3. The monoisotopic (exact) mass is 642 g/mol. The zero-order valence-electron chi connectivity index (χ0n) is 26.5. The number of likely N-dealkylation sites (tertiary alicyclic amines) is 1. The summed E-state index contributed by atoms with van der Waals surface area (Å²) in [4.78, 5) is 56.8. The largest absolute Gasteiger partial charge is 0.444 e. The zero-order valence-corrected chi connectivity index (χ0v) is 27.3. The van der Waals surface area contributed by atoms with E-state index in [0.717, 1.165) is 23.1 Å². The van der Waals surface area contributed by atoms with Crippen molar-refractivity contribution >= 4 is 39.6 Å². The van der Waals surface area contributed by atoms with Gasteiger partial charge in [-0.2, -0.15) is 4.90 Å². The molecule has 44 heavy (non-hydrogen) atoms. The van der Waals surface area contributed by atoms with E-state index in [2.05, 4.69) is 4.99 Å². The molecule has 1 aromatic rings. The number of sulfone groups is 1. The van der Waals surface area contributed by atoms with Crippen molar-refractivity contribution in [1.82, 2.24) is 9.80 Å². The molecule has 1 aromatic carbocycles. The van der Waals surface area contributed by atoms with Crippen molar-refractivity contribution in [3.8, 4) is 0 Å². The molecule has 3 rings (SSSR count). The maximum Gasteiger partial charge on any atom is 0.425 e. The molecule has 2 aliphatic rings. The second kappa shape index (κ2) is 11.0. The molecule has 16 heteroatoms. The number of hydrogen-bond donors (Lipinski definition) is 0. The smallest absolute Gasteiger partial charge is 0.425 e. The molecule has 0 saturated carbocycles. The van der Waals surface area contributed by atoms with Crippen LogP contribution >= 0.6 is 0 Å². The number of nitrogens with zero attached hydrogens (tertiary/aromatic N) is 4. The average Bonchev–Trinajstić information content (AvgIpc) is 2.73. The Morgan fingerprint density at radius 3 is 1.86 bits per heavy atom. The molecule has 3 amide bonds. The van der Waals surface area contributed by atoms with Crippen molar-refractivity contribution in [1.29, 1.82) is 0 Å². The number of non-ortho nitro benzene ring substituents is 1. The van der Waals surface area contributed by atoms with E-state index in [1.165, 1.54) is 48.5 Å². The van der Waals surface area contributed by atoms with E-state index in [-0.39, 0.29) is 0 Å². The molecule has 0 radical (unpaired) electrons. The first-order chi connectivity index (χ1) is 19.7. The SMILES string of the molecule is CC(C)(C)OC(=O)N1CC2(C1)C(N(C(=O)OC(C)(C)C)C(=O)OC(C)(C)C)=NC(C)(c1cc([N+](=O)[O-])ccc1F)CS2(=O)=O. The molecule has 244 valence electrons. The number of nitro groups is 1. The Morgan fingerprint density at radius 2 is 1.43 bits per heavy atom. The average molecular weight is 643 g/mol. The molecule has 2 heterocycles. The lowest BCUT2D eigenvalue weighted by Crippen LogP contribution is -2.77. The molecule has 1 unspecified atom stereocenters. The van der Waals surface area contributed by atoms with Crippen molar-refractivity contribution in [2.75, 3.05) is 18.8 Å². The fourth-order valence-corrected chi connectivity index (χ4v) is 7.03. The molecule has 0 N–H and O–H groups in total. The predicted octanol–water partition coefficient (Wildman–Crippen LogP) is 4.94. The lowest BCUT2D eigenvalue weighted by atomic mass is 9.90. The fraction of sp³-hybridized carbons (Fsp3) is 0.643. The molecular formula is C28H39FN4O10S. The van der Waals surface area contributed by atoms with Crippen molar-refractivity contribution in [2.45, 2.75) is 96.3 Å². The van der Waals surface area contributed by atoms with Crippen LogP contribution in [0.5, 0.6) is 0 Å². The van der Waals surface area contributed by atoms with Crippen molar-refractivity contribution in [3.05, 3.63) is 39.7 Å². The maximum absolute atomic E-state index is 15.3. The first-order valence-corrected chi connectivity index (χ1v) is 15.4. The quantitative estimate of drug-likeness (QED) is 0.244. The second-order valence-electron chi connectivity index (χ2n) is 14.0. The van der Waals surface area contributed by atoms with Crippen molar-refractivity contribution < 1.29 is 46.3 Å². The molecular weight excluding hydrogens is 603 g/mol. The minimum atomic E-state index is -4.52. The highest BCUT2D eigenvalue weighted by Crippen LogP contribution is 2.45. The number of ether oxygens (including phenoxy) is 3. The number of rotatable bonds is 2. The van der Waals surface area contributed by atoms with Gasteiger partial charge in [-0.25, -0.2) is 27.2 Å². The fourth-order valence-electron chi connectivity index (χ4n) is 4.67. The Labute approximate surface area is 255 Å². The Morgan fingerprint density at radius 1 is 0.955 bits per heavy atom. The number of aliphatic imine (C=N–C) groups is 1. The van der Waals surface area contributed by atoms with Gasteiger partial charge in [-0.15, -0.1) is 0 Å². The van der Waals surface area contributed by atoms with Crippen LogP contribution in [0.2, 0.25) is 0 Å². The van der Waals surface area contributed by atoms with Crippen LogP contribution in [0.3, 0.4) is 0 Å². The Bertz CT molecular complexity index is 1490. The summed E-state index contributed by atoms with van der Waals surface area (Å²) < 4.78 is 57.9. The van der Waals surface area contributed by atoms with Gasteiger partial charge in [0.2, 0.25) is 0 Å². The van der Waals surface area contributed by atoms with Gasteiger partial charge in [0, 0.05) is 17.7 Å². The van der Waals surface area contributed by atoms with Gasteiger partial charge in [0.05, 0.1) is 23.8 Å². The molecule has 2 aliphatic heterocycles. The third-order valence-electron chi connectivity index (χ3n) is 6.48. The summed E-state index contributed by atoms with van der Waals surface area (Å²) >= 11 is 0. The normalized spacial score (nSPS) is 21.1. The van der Waals surface area contributed by atoms with E-state index in [1.807, 2.05) is 0 Å². The molecule has 0 bridgehead atoms. The number of nitro benzene ring substituents is 1. The van der Waals surface area contributed by atoms with Crippen LogP contribution < -0.4 is 0 Å². The van der Waals surface area contributed by atoms with E-state index in [1.54, 1.807) is 20.8 Å². The van der Waals surface area contributed by atoms with Crippen molar-refractivity contribution in [3.63, 3.8) is 0 Å². The van der Waals surface area contributed by atoms with Gasteiger partial charge in [-0.1, -0.05) is 0 Å². The summed E-state index contributed by atoms with van der Waals surface area (Å²) in [6.07, 6.45) is -3.52. The van der Waals surface area contributed by atoms with E-state index in [0.29, 0.717) is 4.90 Å². The second-order valence-corrected chi connectivity index (χ2v) is 16.3. The number of imide groups is 1. The van der Waals surface area contributed by atoms with E-state index in [9.17, 15) is 32.9 Å². The summed E-state index contributed by atoms with van der Waals surface area (Å²) in [5, 5.41) is 11.5. The standard InChI is InChI=1S/C28H39FN4O10S/c1-24(2,3)41-21(34)31-14-28(15-31)20(32(22(35)42-25(4,5)6)23(36)43-26(7,8)9)30-27(10,16-44(28,39)40)18-13-17(33(37)38)11-12-19(18)29/h11-13H,14-16H2,1-10H3. The number of halogens is 1. The van der Waals surface area contributed by atoms with Crippen LogP contribution in [0.4, 0.5) is 24.5 Å². The van der Waals surface area contributed by atoms with Crippen LogP contribution in [0.25, 0.3) is 0 Å². The summed E-state index contributed by atoms with van der Waals surface area (Å²) in [5.74, 6) is -2.56. The minimum Gasteiger partial charge on any atom is -0.444 e. The highest BCUT2D eigenvalue weighted by molar-refractivity contribution is 7.93. The van der Waals surface area contributed by atoms with Gasteiger partial charge in [0.25, 0.3) is 5.69 Å². The summed E-state index contributed by atoms with van der Waals surface area (Å²) in [6, 6.07) is 2.56. The lowest BCUT2D eigenvalue weighted by molar-refractivity contribution is -0.385. The summed E-state index contributed by atoms with van der Waals surface area (Å²) in [6.45, 7) is 14.0. The molecule has 0 aliphatic carbocycles. The van der Waals surface area contributed by atoms with Crippen LogP contribution in [-0.4, -0.2) is 87.6 Å². The van der Waals surface area contributed by atoms with Gasteiger partial charge in [-0.3, -0.25) is 15.1 Å². The zero-order chi connectivity index (χ0) is 33.8. The number of carbonyl (C=O) groups excluding carboxylic acids is 3. The van der Waals surface area contributed by atoms with Gasteiger partial charge in [0.1, 0.15) is 34.0 Å².